The first-order valence-electron chi connectivity index (χ1n) is 9.80. The van der Waals surface area contributed by atoms with Crippen LogP contribution in [0, 0.1) is 11.6 Å². The standard InChI is InChI=1S/C21H26F2N4O2S.HI/c1-3-24-21(25-13-15-7-9-17(10-8-15)30(2,28)29)26-16-11-12-27(14-16)20-18(22)5-4-6-19(20)23;/h4-10,16H,3,11-14H2,1-2H3,(H2,24,25,26);1H. The highest BCUT2D eigenvalue weighted by molar-refractivity contribution is 14.0. The van der Waals surface area contributed by atoms with Gasteiger partial charge in [-0.15, -0.1) is 24.0 Å². The number of para-hydroxylation sites is 1. The molecule has 3 rings (SSSR count). The summed E-state index contributed by atoms with van der Waals surface area (Å²) in [6.45, 7) is 4.00. The Kier molecular flexibility index (Phi) is 9.04. The summed E-state index contributed by atoms with van der Waals surface area (Å²) >= 11 is 0. The SMILES string of the molecule is CCNC(=NCc1ccc(S(C)(=O)=O)cc1)NC1CCN(c2c(F)cccc2F)C1.I. The van der Waals surface area contributed by atoms with E-state index in [0.29, 0.717) is 32.1 Å². The Morgan fingerprint density at radius 3 is 2.39 bits per heavy atom. The molecule has 2 aromatic carbocycles. The van der Waals surface area contributed by atoms with Gasteiger partial charge in [-0.05, 0) is 43.2 Å². The number of hydrogen-bond acceptors (Lipinski definition) is 4. The van der Waals surface area contributed by atoms with Crippen LogP contribution in [0.25, 0.3) is 0 Å². The normalized spacial score (nSPS) is 16.7. The lowest BCUT2D eigenvalue weighted by molar-refractivity contribution is 0.575. The van der Waals surface area contributed by atoms with E-state index in [0.717, 1.165) is 12.0 Å². The number of hydrogen-bond donors (Lipinski definition) is 2. The van der Waals surface area contributed by atoms with Gasteiger partial charge in [-0.1, -0.05) is 18.2 Å². The van der Waals surface area contributed by atoms with Gasteiger partial charge in [-0.2, -0.15) is 0 Å². The van der Waals surface area contributed by atoms with Gasteiger partial charge in [0.05, 0.1) is 11.4 Å². The molecule has 170 valence electrons. The van der Waals surface area contributed by atoms with Crippen molar-refractivity contribution < 1.29 is 17.2 Å². The molecular formula is C21H27F2IN4O2S. The van der Waals surface area contributed by atoms with E-state index in [9.17, 15) is 17.2 Å². The quantitative estimate of drug-likeness (QED) is 0.320. The fourth-order valence-electron chi connectivity index (χ4n) is 3.40. The predicted octanol–water partition coefficient (Wildman–Crippen LogP) is 3.32. The minimum Gasteiger partial charge on any atom is -0.365 e. The molecule has 0 amide bonds. The fourth-order valence-corrected chi connectivity index (χ4v) is 4.03. The first kappa shape index (κ1) is 25.3. The maximum absolute atomic E-state index is 14.0. The van der Waals surface area contributed by atoms with Gasteiger partial charge in [0, 0.05) is 31.9 Å². The van der Waals surface area contributed by atoms with Gasteiger partial charge >= 0.3 is 0 Å². The molecule has 0 bridgehead atoms. The molecule has 0 saturated carbocycles. The van der Waals surface area contributed by atoms with Crippen LogP contribution in [0.1, 0.15) is 18.9 Å². The van der Waals surface area contributed by atoms with E-state index >= 15 is 0 Å². The van der Waals surface area contributed by atoms with Crippen molar-refractivity contribution in [2.75, 3.05) is 30.8 Å². The van der Waals surface area contributed by atoms with Crippen molar-refractivity contribution in [2.45, 2.75) is 30.8 Å². The van der Waals surface area contributed by atoms with Crippen molar-refractivity contribution in [3.8, 4) is 0 Å². The van der Waals surface area contributed by atoms with Gasteiger partial charge < -0.3 is 15.5 Å². The molecule has 1 unspecified atom stereocenters. The van der Waals surface area contributed by atoms with Crippen molar-refractivity contribution in [1.82, 2.24) is 10.6 Å². The van der Waals surface area contributed by atoms with Crippen molar-refractivity contribution >= 4 is 45.5 Å². The molecule has 0 aliphatic carbocycles. The highest BCUT2D eigenvalue weighted by Gasteiger charge is 2.27. The number of aliphatic imine (C=N–C) groups is 1. The Hall–Kier alpha value is -1.95. The summed E-state index contributed by atoms with van der Waals surface area (Å²) in [7, 11) is -3.23. The molecule has 1 aliphatic rings. The fraction of sp³-hybridized carbons (Fsp3) is 0.381. The molecule has 1 aliphatic heterocycles. The minimum atomic E-state index is -3.23. The Labute approximate surface area is 199 Å². The van der Waals surface area contributed by atoms with Crippen LogP contribution in [0.2, 0.25) is 0 Å². The highest BCUT2D eigenvalue weighted by atomic mass is 127. The van der Waals surface area contributed by atoms with E-state index in [2.05, 4.69) is 15.6 Å². The molecular weight excluding hydrogens is 537 g/mol. The molecule has 6 nitrogen and oxygen atoms in total. The Morgan fingerprint density at radius 1 is 1.16 bits per heavy atom. The molecule has 2 N–H and O–H groups in total. The molecule has 1 heterocycles. The van der Waals surface area contributed by atoms with E-state index in [4.69, 9.17) is 0 Å². The molecule has 31 heavy (non-hydrogen) atoms. The first-order valence-corrected chi connectivity index (χ1v) is 11.7. The Balaban J connectivity index is 0.00000341. The van der Waals surface area contributed by atoms with Gasteiger partial charge in [0.25, 0.3) is 0 Å². The third kappa shape index (κ3) is 6.76. The van der Waals surface area contributed by atoms with Crippen LogP contribution in [-0.4, -0.2) is 46.3 Å². The number of guanidine groups is 1. The summed E-state index contributed by atoms with van der Waals surface area (Å²) in [5, 5.41) is 6.49. The Bertz CT molecular complexity index is 996. The Morgan fingerprint density at radius 2 is 1.81 bits per heavy atom. The van der Waals surface area contributed by atoms with Crippen LogP contribution in [0.4, 0.5) is 14.5 Å². The average Bonchev–Trinajstić information content (AvgIpc) is 3.14. The lowest BCUT2D eigenvalue weighted by Gasteiger charge is -2.21. The average molecular weight is 564 g/mol. The molecule has 0 spiro atoms. The smallest absolute Gasteiger partial charge is 0.191 e. The van der Waals surface area contributed by atoms with Gasteiger partial charge in [0.1, 0.15) is 17.3 Å². The summed E-state index contributed by atoms with van der Waals surface area (Å²) < 4.78 is 51.2. The molecule has 0 aromatic heterocycles. The van der Waals surface area contributed by atoms with E-state index in [1.165, 1.54) is 24.5 Å². The molecule has 10 heteroatoms. The second-order valence-electron chi connectivity index (χ2n) is 7.26. The molecule has 1 saturated heterocycles. The molecule has 2 aromatic rings. The van der Waals surface area contributed by atoms with Crippen LogP contribution in [-0.2, 0) is 16.4 Å². The number of nitrogens with zero attached hydrogens (tertiary/aromatic N) is 2. The van der Waals surface area contributed by atoms with Crippen LogP contribution in [0.15, 0.2) is 52.4 Å². The lowest BCUT2D eigenvalue weighted by Crippen LogP contribution is -2.44. The van der Waals surface area contributed by atoms with Crippen molar-refractivity contribution in [1.29, 1.82) is 0 Å². The largest absolute Gasteiger partial charge is 0.365 e. The van der Waals surface area contributed by atoms with E-state index < -0.39 is 21.5 Å². The zero-order valence-corrected chi connectivity index (χ0v) is 20.6. The predicted molar refractivity (Wildman–Crippen MR) is 130 cm³/mol. The zero-order valence-electron chi connectivity index (χ0n) is 17.4. The molecule has 1 fully saturated rings. The second-order valence-corrected chi connectivity index (χ2v) is 9.27. The highest BCUT2D eigenvalue weighted by Crippen LogP contribution is 2.26. The molecule has 0 radical (unpaired) electrons. The van der Waals surface area contributed by atoms with E-state index in [1.54, 1.807) is 29.2 Å². The number of benzene rings is 2. The maximum atomic E-state index is 14.0. The van der Waals surface area contributed by atoms with Crippen LogP contribution >= 0.6 is 24.0 Å². The summed E-state index contributed by atoms with van der Waals surface area (Å²) in [5.41, 5.74) is 0.885. The van der Waals surface area contributed by atoms with Gasteiger partial charge in [0.2, 0.25) is 0 Å². The third-order valence-corrected chi connectivity index (χ3v) is 6.03. The third-order valence-electron chi connectivity index (χ3n) is 4.90. The van der Waals surface area contributed by atoms with Crippen molar-refractivity contribution in [2.24, 2.45) is 4.99 Å². The van der Waals surface area contributed by atoms with Gasteiger partial charge in [-0.3, -0.25) is 0 Å². The zero-order chi connectivity index (χ0) is 21.7. The lowest BCUT2D eigenvalue weighted by atomic mass is 10.2. The molecule has 1 atom stereocenters. The summed E-state index contributed by atoms with van der Waals surface area (Å²) in [5.74, 6) is -0.520. The number of halogens is 3. The topological polar surface area (TPSA) is 73.8 Å². The van der Waals surface area contributed by atoms with E-state index in [-0.39, 0.29) is 40.6 Å². The summed E-state index contributed by atoms with van der Waals surface area (Å²) in [4.78, 5) is 6.52. The van der Waals surface area contributed by atoms with Crippen LogP contribution < -0.4 is 15.5 Å². The summed E-state index contributed by atoms with van der Waals surface area (Å²) in [6.07, 6.45) is 1.90. The number of nitrogens with one attached hydrogen (secondary N) is 2. The number of sulfone groups is 1. The van der Waals surface area contributed by atoms with Crippen molar-refractivity contribution in [3.63, 3.8) is 0 Å². The first-order chi connectivity index (χ1) is 14.3. The number of anilines is 1. The summed E-state index contributed by atoms with van der Waals surface area (Å²) in [6, 6.07) is 10.5. The van der Waals surface area contributed by atoms with Gasteiger partial charge in [0.15, 0.2) is 15.8 Å². The monoisotopic (exact) mass is 564 g/mol. The van der Waals surface area contributed by atoms with Crippen LogP contribution in [0.3, 0.4) is 0 Å². The van der Waals surface area contributed by atoms with Gasteiger partial charge in [-0.25, -0.2) is 22.2 Å². The van der Waals surface area contributed by atoms with Crippen LogP contribution in [0.5, 0.6) is 0 Å². The van der Waals surface area contributed by atoms with Crippen molar-refractivity contribution in [3.05, 3.63) is 59.7 Å². The number of rotatable bonds is 6. The minimum absolute atomic E-state index is 0. The maximum Gasteiger partial charge on any atom is 0.191 e. The second kappa shape index (κ2) is 11.1. The van der Waals surface area contributed by atoms with E-state index in [1.807, 2.05) is 6.92 Å².